The topological polar surface area (TPSA) is 63.5 Å². The Morgan fingerprint density at radius 2 is 2.00 bits per heavy atom. The summed E-state index contributed by atoms with van der Waals surface area (Å²) in [5, 5.41) is 19.3. The van der Waals surface area contributed by atoms with Crippen LogP contribution in [0.2, 0.25) is 0 Å². The van der Waals surface area contributed by atoms with E-state index in [1.54, 1.807) is 0 Å². The van der Waals surface area contributed by atoms with Crippen molar-refractivity contribution in [1.82, 2.24) is 10.6 Å². The summed E-state index contributed by atoms with van der Waals surface area (Å²) in [5.41, 5.74) is 1.79. The Bertz CT molecular complexity index is 744. The molecule has 0 aliphatic carbocycles. The van der Waals surface area contributed by atoms with E-state index in [0.717, 1.165) is 44.0 Å². The van der Waals surface area contributed by atoms with E-state index in [-0.39, 0.29) is 24.0 Å². The Kier molecular flexibility index (Phi) is 8.88. The fourth-order valence-electron chi connectivity index (χ4n) is 3.06. The number of rotatable bonds is 5. The number of guanidine groups is 1. The highest BCUT2D eigenvalue weighted by Crippen LogP contribution is 2.24. The molecule has 5 nitrogen and oxygen atoms in total. The van der Waals surface area contributed by atoms with Gasteiger partial charge in [0.25, 0.3) is 0 Å². The zero-order valence-electron chi connectivity index (χ0n) is 15.5. The quantitative estimate of drug-likeness (QED) is 0.375. The molecule has 1 fully saturated rings. The average molecular weight is 495 g/mol. The van der Waals surface area contributed by atoms with Gasteiger partial charge < -0.3 is 15.5 Å². The number of piperidine rings is 1. The van der Waals surface area contributed by atoms with E-state index in [1.807, 2.05) is 35.6 Å². The van der Waals surface area contributed by atoms with Crippen molar-refractivity contribution < 1.29 is 0 Å². The molecule has 27 heavy (non-hydrogen) atoms. The summed E-state index contributed by atoms with van der Waals surface area (Å²) in [7, 11) is 0. The van der Waals surface area contributed by atoms with E-state index < -0.39 is 0 Å². The molecule has 0 saturated carbocycles. The second kappa shape index (κ2) is 11.1. The van der Waals surface area contributed by atoms with Crippen molar-refractivity contribution in [2.24, 2.45) is 4.99 Å². The van der Waals surface area contributed by atoms with Gasteiger partial charge in [0.05, 0.1) is 23.2 Å². The van der Waals surface area contributed by atoms with Crippen LogP contribution in [0.4, 0.5) is 5.00 Å². The lowest BCUT2D eigenvalue weighted by Gasteiger charge is -2.33. The maximum atomic E-state index is 8.88. The lowest BCUT2D eigenvalue weighted by molar-refractivity contribution is 0.463. The number of aliphatic imine (C=N–C) groups is 1. The standard InChI is InChI=1S/C20H25N5S.HI/c1-2-22-20(23-15-17-7-5-16(14-21)6-8-17)24-18-9-11-25(12-10-18)19-4-3-13-26-19;/h3-8,13,18H,2,9-12,15H2,1H3,(H2,22,23,24);1H. The van der Waals surface area contributed by atoms with Gasteiger partial charge >= 0.3 is 0 Å². The van der Waals surface area contributed by atoms with Crippen LogP contribution in [0.3, 0.4) is 0 Å². The Morgan fingerprint density at radius 1 is 1.26 bits per heavy atom. The maximum absolute atomic E-state index is 8.88. The third kappa shape index (κ3) is 6.40. The molecule has 0 unspecified atom stereocenters. The van der Waals surface area contributed by atoms with Crippen LogP contribution in [0, 0.1) is 11.3 Å². The molecule has 2 N–H and O–H groups in total. The minimum absolute atomic E-state index is 0. The van der Waals surface area contributed by atoms with E-state index in [4.69, 9.17) is 10.3 Å². The van der Waals surface area contributed by atoms with Gasteiger partial charge in [0.2, 0.25) is 0 Å². The maximum Gasteiger partial charge on any atom is 0.191 e. The Balaban J connectivity index is 0.00000261. The van der Waals surface area contributed by atoms with Crippen molar-refractivity contribution in [3.8, 4) is 6.07 Å². The second-order valence-electron chi connectivity index (χ2n) is 6.36. The molecule has 1 aromatic carbocycles. The molecule has 0 bridgehead atoms. The summed E-state index contributed by atoms with van der Waals surface area (Å²) in [6.07, 6.45) is 2.22. The largest absolute Gasteiger partial charge is 0.363 e. The molecule has 1 aromatic heterocycles. The van der Waals surface area contributed by atoms with Gasteiger partial charge in [-0.25, -0.2) is 4.99 Å². The first-order valence-electron chi connectivity index (χ1n) is 9.11. The van der Waals surface area contributed by atoms with Gasteiger partial charge in [-0.05, 0) is 55.0 Å². The molecule has 144 valence electrons. The van der Waals surface area contributed by atoms with E-state index in [2.05, 4.69) is 46.0 Å². The van der Waals surface area contributed by atoms with Crippen molar-refractivity contribution in [2.45, 2.75) is 32.4 Å². The summed E-state index contributed by atoms with van der Waals surface area (Å²) in [6, 6.07) is 14.5. The fourth-order valence-corrected chi connectivity index (χ4v) is 3.85. The number of nitriles is 1. The molecule has 1 saturated heterocycles. The molecular formula is C20H26IN5S. The molecule has 0 radical (unpaired) electrons. The van der Waals surface area contributed by atoms with Gasteiger partial charge in [0, 0.05) is 25.7 Å². The highest BCUT2D eigenvalue weighted by molar-refractivity contribution is 14.0. The van der Waals surface area contributed by atoms with Crippen molar-refractivity contribution >= 4 is 46.3 Å². The number of benzene rings is 1. The first kappa shape index (κ1) is 21.5. The minimum Gasteiger partial charge on any atom is -0.363 e. The average Bonchev–Trinajstić information content (AvgIpc) is 3.22. The van der Waals surface area contributed by atoms with Crippen molar-refractivity contribution in [1.29, 1.82) is 5.26 Å². The Morgan fingerprint density at radius 3 is 2.59 bits per heavy atom. The van der Waals surface area contributed by atoms with E-state index in [9.17, 15) is 0 Å². The van der Waals surface area contributed by atoms with Crippen LogP contribution >= 0.6 is 35.3 Å². The van der Waals surface area contributed by atoms with Crippen LogP contribution in [0.25, 0.3) is 0 Å². The molecule has 3 rings (SSSR count). The second-order valence-corrected chi connectivity index (χ2v) is 7.29. The lowest BCUT2D eigenvalue weighted by atomic mass is 10.1. The zero-order chi connectivity index (χ0) is 18.2. The summed E-state index contributed by atoms with van der Waals surface area (Å²) < 4.78 is 0. The predicted octanol–water partition coefficient (Wildman–Crippen LogP) is 3.96. The summed E-state index contributed by atoms with van der Waals surface area (Å²) in [5.74, 6) is 0.867. The first-order chi connectivity index (χ1) is 12.8. The van der Waals surface area contributed by atoms with Crippen LogP contribution < -0.4 is 15.5 Å². The number of nitrogens with zero attached hydrogens (tertiary/aromatic N) is 3. The molecule has 2 heterocycles. The van der Waals surface area contributed by atoms with Gasteiger partial charge in [-0.1, -0.05) is 12.1 Å². The molecule has 1 aliphatic rings. The molecular weight excluding hydrogens is 469 g/mol. The number of nitrogens with one attached hydrogen (secondary N) is 2. The van der Waals surface area contributed by atoms with E-state index in [0.29, 0.717) is 18.2 Å². The smallest absolute Gasteiger partial charge is 0.191 e. The molecule has 0 atom stereocenters. The van der Waals surface area contributed by atoms with Crippen molar-refractivity contribution in [3.63, 3.8) is 0 Å². The number of thiophene rings is 1. The van der Waals surface area contributed by atoms with E-state index in [1.165, 1.54) is 5.00 Å². The molecule has 7 heteroatoms. The predicted molar refractivity (Wildman–Crippen MR) is 124 cm³/mol. The third-order valence-electron chi connectivity index (χ3n) is 4.50. The van der Waals surface area contributed by atoms with Crippen LogP contribution in [0.5, 0.6) is 0 Å². The molecule has 0 amide bonds. The molecule has 1 aliphatic heterocycles. The van der Waals surface area contributed by atoms with Gasteiger partial charge in [-0.15, -0.1) is 35.3 Å². The molecule has 2 aromatic rings. The third-order valence-corrected chi connectivity index (χ3v) is 5.43. The normalized spacial score (nSPS) is 15.0. The Hall–Kier alpha value is -1.79. The zero-order valence-corrected chi connectivity index (χ0v) is 18.7. The van der Waals surface area contributed by atoms with Crippen molar-refractivity contribution in [3.05, 3.63) is 52.9 Å². The van der Waals surface area contributed by atoms with Crippen LogP contribution in [0.1, 0.15) is 30.9 Å². The first-order valence-corrected chi connectivity index (χ1v) is 9.99. The monoisotopic (exact) mass is 495 g/mol. The minimum atomic E-state index is 0. The van der Waals surface area contributed by atoms with Gasteiger partial charge in [-0.2, -0.15) is 5.26 Å². The van der Waals surface area contributed by atoms with Gasteiger partial charge in [-0.3, -0.25) is 0 Å². The number of anilines is 1. The number of hydrogen-bond acceptors (Lipinski definition) is 4. The Labute approximate surface area is 182 Å². The van der Waals surface area contributed by atoms with Gasteiger partial charge in [0.15, 0.2) is 5.96 Å². The van der Waals surface area contributed by atoms with Crippen molar-refractivity contribution in [2.75, 3.05) is 24.5 Å². The lowest BCUT2D eigenvalue weighted by Crippen LogP contribution is -2.48. The highest BCUT2D eigenvalue weighted by atomic mass is 127. The fraction of sp³-hybridized carbons (Fsp3) is 0.400. The highest BCUT2D eigenvalue weighted by Gasteiger charge is 2.20. The summed E-state index contributed by atoms with van der Waals surface area (Å²) in [6.45, 7) is 5.68. The van der Waals surface area contributed by atoms with E-state index >= 15 is 0 Å². The van der Waals surface area contributed by atoms with Gasteiger partial charge in [0.1, 0.15) is 0 Å². The summed E-state index contributed by atoms with van der Waals surface area (Å²) >= 11 is 1.81. The number of halogens is 1. The van der Waals surface area contributed by atoms with Crippen LogP contribution in [-0.2, 0) is 6.54 Å². The summed E-state index contributed by atoms with van der Waals surface area (Å²) in [4.78, 5) is 7.16. The SMILES string of the molecule is CCNC(=NCc1ccc(C#N)cc1)NC1CCN(c2cccs2)CC1.I. The molecule has 0 spiro atoms. The van der Waals surface area contributed by atoms with Crippen LogP contribution in [0.15, 0.2) is 46.8 Å². The van der Waals surface area contributed by atoms with Crippen LogP contribution in [-0.4, -0.2) is 31.6 Å². The number of hydrogen-bond donors (Lipinski definition) is 2.